The summed E-state index contributed by atoms with van der Waals surface area (Å²) in [6, 6.07) is 0. The van der Waals surface area contributed by atoms with Gasteiger partial charge in [0, 0.05) is 39.3 Å². The van der Waals surface area contributed by atoms with E-state index in [1.54, 1.807) is 0 Å². The standard InChI is InChI=1S/C6H18N4.BH3O3/c7-1-3-9-5-6-10-4-2-8;2-1(3)4/h9-10H,1-8H2;2-4H. The molecule has 0 radical (unpaired) electrons. The number of nitrogens with one attached hydrogen (secondary N) is 2. The second kappa shape index (κ2) is 15.3. The van der Waals surface area contributed by atoms with Crippen molar-refractivity contribution in [2.75, 3.05) is 39.3 Å². The third kappa shape index (κ3) is 29.8. The summed E-state index contributed by atoms with van der Waals surface area (Å²) in [5, 5.41) is 27.8. The van der Waals surface area contributed by atoms with Crippen molar-refractivity contribution in [3.63, 3.8) is 0 Å². The van der Waals surface area contributed by atoms with E-state index in [0.29, 0.717) is 13.1 Å². The van der Waals surface area contributed by atoms with Crippen LogP contribution >= 0.6 is 0 Å². The molecule has 0 spiro atoms. The molecule has 0 aliphatic carbocycles. The van der Waals surface area contributed by atoms with Crippen LogP contribution in [0.25, 0.3) is 0 Å². The van der Waals surface area contributed by atoms with Gasteiger partial charge in [0.2, 0.25) is 0 Å². The van der Waals surface area contributed by atoms with Gasteiger partial charge in [-0.25, -0.2) is 0 Å². The zero-order chi connectivity index (χ0) is 11.2. The zero-order valence-electron chi connectivity index (χ0n) is 8.32. The van der Waals surface area contributed by atoms with E-state index in [4.69, 9.17) is 26.5 Å². The summed E-state index contributed by atoms with van der Waals surface area (Å²) < 4.78 is 0. The second-order valence-corrected chi connectivity index (χ2v) is 2.42. The van der Waals surface area contributed by atoms with Gasteiger partial charge in [-0.05, 0) is 0 Å². The molecule has 86 valence electrons. The summed E-state index contributed by atoms with van der Waals surface area (Å²) in [6.07, 6.45) is 0. The SMILES string of the molecule is NCCNCCNCCN.OB(O)O. The second-order valence-electron chi connectivity index (χ2n) is 2.42. The van der Waals surface area contributed by atoms with E-state index in [2.05, 4.69) is 10.6 Å². The Kier molecular flexibility index (Phi) is 17.7. The molecule has 7 nitrogen and oxygen atoms in total. The minimum atomic E-state index is -2.17. The van der Waals surface area contributed by atoms with Crippen molar-refractivity contribution >= 4 is 7.32 Å². The lowest BCUT2D eigenvalue weighted by atomic mass is 10.3. The summed E-state index contributed by atoms with van der Waals surface area (Å²) in [5.74, 6) is 0. The third-order valence-electron chi connectivity index (χ3n) is 1.12. The Morgan fingerprint density at radius 1 is 0.786 bits per heavy atom. The van der Waals surface area contributed by atoms with Crippen LogP contribution in [0.5, 0.6) is 0 Å². The van der Waals surface area contributed by atoms with Gasteiger partial charge in [-0.2, -0.15) is 0 Å². The van der Waals surface area contributed by atoms with Gasteiger partial charge in [0.15, 0.2) is 0 Å². The van der Waals surface area contributed by atoms with Gasteiger partial charge >= 0.3 is 7.32 Å². The smallest absolute Gasteiger partial charge is 0.402 e. The molecular weight excluding hydrogens is 187 g/mol. The fourth-order valence-electron chi connectivity index (χ4n) is 0.631. The topological polar surface area (TPSA) is 137 Å². The maximum absolute atomic E-state index is 7.17. The Morgan fingerprint density at radius 2 is 1.07 bits per heavy atom. The fourth-order valence-corrected chi connectivity index (χ4v) is 0.631. The molecule has 0 aliphatic heterocycles. The van der Waals surface area contributed by atoms with Crippen LogP contribution in [-0.2, 0) is 0 Å². The van der Waals surface area contributed by atoms with Crippen LogP contribution in [-0.4, -0.2) is 61.7 Å². The van der Waals surface area contributed by atoms with Crippen molar-refractivity contribution in [2.24, 2.45) is 11.5 Å². The van der Waals surface area contributed by atoms with Crippen molar-refractivity contribution in [2.45, 2.75) is 0 Å². The Morgan fingerprint density at radius 3 is 1.29 bits per heavy atom. The molecule has 0 aromatic carbocycles. The highest BCUT2D eigenvalue weighted by molar-refractivity contribution is 6.30. The minimum Gasteiger partial charge on any atom is -0.402 e. The van der Waals surface area contributed by atoms with Gasteiger partial charge in [-0.15, -0.1) is 0 Å². The normalized spacial score (nSPS) is 9.21. The van der Waals surface area contributed by atoms with Gasteiger partial charge in [0.1, 0.15) is 0 Å². The molecule has 0 aromatic rings. The van der Waals surface area contributed by atoms with E-state index < -0.39 is 7.32 Å². The quantitative estimate of drug-likeness (QED) is 0.167. The highest BCUT2D eigenvalue weighted by atomic mass is 16.5. The van der Waals surface area contributed by atoms with Crippen molar-refractivity contribution < 1.29 is 15.1 Å². The molecule has 0 fully saturated rings. The van der Waals surface area contributed by atoms with Gasteiger partial charge in [0.05, 0.1) is 0 Å². The molecule has 0 bridgehead atoms. The Balaban J connectivity index is 0. The van der Waals surface area contributed by atoms with Crippen LogP contribution in [0.2, 0.25) is 0 Å². The molecule has 0 saturated heterocycles. The molecule has 0 aliphatic rings. The van der Waals surface area contributed by atoms with Crippen molar-refractivity contribution in [3.05, 3.63) is 0 Å². The Hall–Kier alpha value is -0.215. The number of hydrogen-bond donors (Lipinski definition) is 7. The molecule has 0 saturated carbocycles. The average molecular weight is 208 g/mol. The maximum atomic E-state index is 7.17. The van der Waals surface area contributed by atoms with Crippen molar-refractivity contribution in [1.82, 2.24) is 10.6 Å². The molecule has 14 heavy (non-hydrogen) atoms. The number of rotatable bonds is 7. The van der Waals surface area contributed by atoms with Crippen LogP contribution < -0.4 is 22.1 Å². The first-order valence-electron chi connectivity index (χ1n) is 4.51. The Bertz CT molecular complexity index is 88.4. The molecule has 0 aromatic heterocycles. The highest BCUT2D eigenvalue weighted by Crippen LogP contribution is 1.57. The molecule has 0 heterocycles. The van der Waals surface area contributed by atoms with Gasteiger partial charge in [-0.3, -0.25) is 0 Å². The molecular formula is C6H21BN4O3. The fraction of sp³-hybridized carbons (Fsp3) is 1.00. The first-order valence-corrected chi connectivity index (χ1v) is 4.51. The van der Waals surface area contributed by atoms with Gasteiger partial charge in [0.25, 0.3) is 0 Å². The summed E-state index contributed by atoms with van der Waals surface area (Å²) in [4.78, 5) is 0. The minimum absolute atomic E-state index is 0.705. The van der Waals surface area contributed by atoms with E-state index >= 15 is 0 Å². The van der Waals surface area contributed by atoms with Crippen LogP contribution in [0.15, 0.2) is 0 Å². The molecule has 0 rings (SSSR count). The third-order valence-corrected chi connectivity index (χ3v) is 1.12. The van der Waals surface area contributed by atoms with Crippen LogP contribution in [0, 0.1) is 0 Å². The average Bonchev–Trinajstić information content (AvgIpc) is 2.10. The summed E-state index contributed by atoms with van der Waals surface area (Å²) in [7, 11) is -2.17. The van der Waals surface area contributed by atoms with Gasteiger partial charge < -0.3 is 37.2 Å². The van der Waals surface area contributed by atoms with E-state index in [9.17, 15) is 0 Å². The predicted molar refractivity (Wildman–Crippen MR) is 56.3 cm³/mol. The molecule has 8 heteroatoms. The summed E-state index contributed by atoms with van der Waals surface area (Å²) in [6.45, 7) is 5.14. The highest BCUT2D eigenvalue weighted by Gasteiger charge is 1.92. The van der Waals surface area contributed by atoms with Crippen LogP contribution in [0.3, 0.4) is 0 Å². The lowest BCUT2D eigenvalue weighted by molar-refractivity contribution is 0.278. The van der Waals surface area contributed by atoms with E-state index in [1.807, 2.05) is 0 Å². The first-order chi connectivity index (χ1) is 6.65. The van der Waals surface area contributed by atoms with Crippen molar-refractivity contribution in [3.8, 4) is 0 Å². The lowest BCUT2D eigenvalue weighted by Gasteiger charge is -2.03. The van der Waals surface area contributed by atoms with Gasteiger partial charge in [-0.1, -0.05) is 0 Å². The first kappa shape index (κ1) is 16.2. The lowest BCUT2D eigenvalue weighted by Crippen LogP contribution is -2.32. The maximum Gasteiger partial charge on any atom is 0.631 e. The molecule has 0 atom stereocenters. The number of hydrogen-bond acceptors (Lipinski definition) is 7. The zero-order valence-corrected chi connectivity index (χ0v) is 8.32. The largest absolute Gasteiger partial charge is 0.631 e. The van der Waals surface area contributed by atoms with Crippen LogP contribution in [0.4, 0.5) is 0 Å². The summed E-state index contributed by atoms with van der Waals surface area (Å²) >= 11 is 0. The Labute approximate surface area is 84.7 Å². The predicted octanol–water partition coefficient (Wildman–Crippen LogP) is -3.97. The summed E-state index contributed by atoms with van der Waals surface area (Å²) in [5.41, 5.74) is 10.5. The van der Waals surface area contributed by atoms with E-state index in [0.717, 1.165) is 26.2 Å². The van der Waals surface area contributed by atoms with Crippen molar-refractivity contribution in [1.29, 1.82) is 0 Å². The monoisotopic (exact) mass is 208 g/mol. The van der Waals surface area contributed by atoms with E-state index in [-0.39, 0.29) is 0 Å². The molecule has 0 amide bonds. The molecule has 0 unspecified atom stereocenters. The number of nitrogens with two attached hydrogens (primary N) is 2. The van der Waals surface area contributed by atoms with E-state index in [1.165, 1.54) is 0 Å². The molecule has 9 N–H and O–H groups in total. The van der Waals surface area contributed by atoms with Crippen LogP contribution in [0.1, 0.15) is 0 Å².